The fourth-order valence-electron chi connectivity index (χ4n) is 5.89. The Hall–Kier alpha value is -4.86. The zero-order valence-electron chi connectivity index (χ0n) is 26.2. The number of rotatable bonds is 8. The molecule has 4 nitrogen and oxygen atoms in total. The lowest BCUT2D eigenvalue weighted by Crippen LogP contribution is -2.22. The first-order valence-electron chi connectivity index (χ1n) is 15.7. The molecule has 0 amide bonds. The third-order valence-electron chi connectivity index (χ3n) is 8.23. The number of aromatic hydroxyl groups is 2. The van der Waals surface area contributed by atoms with E-state index in [-0.39, 0.29) is 33.8 Å². The highest BCUT2D eigenvalue weighted by atomic mass is 32.2. The van der Waals surface area contributed by atoms with E-state index in [0.29, 0.717) is 10.8 Å². The van der Waals surface area contributed by atoms with E-state index in [2.05, 4.69) is 0 Å². The zero-order chi connectivity index (χ0) is 34.2. The number of benzene rings is 7. The van der Waals surface area contributed by atoms with Crippen LogP contribution in [0.3, 0.4) is 0 Å². The van der Waals surface area contributed by atoms with Crippen LogP contribution >= 0.6 is 47.0 Å². The summed E-state index contributed by atoms with van der Waals surface area (Å²) < 4.78 is 0. The van der Waals surface area contributed by atoms with E-state index in [9.17, 15) is 19.8 Å². The average molecular weight is 723 g/mol. The molecule has 0 spiro atoms. The lowest BCUT2D eigenvalue weighted by atomic mass is 9.81. The maximum Gasteiger partial charge on any atom is 0.198 e. The van der Waals surface area contributed by atoms with E-state index in [0.717, 1.165) is 39.2 Å². The van der Waals surface area contributed by atoms with Gasteiger partial charge in [0.1, 0.15) is 11.5 Å². The Bertz CT molecular complexity index is 2250. The quantitative estimate of drug-likeness (QED) is 0.150. The molecule has 0 saturated carbocycles. The van der Waals surface area contributed by atoms with Gasteiger partial charge in [0.25, 0.3) is 0 Å². The molecule has 0 radical (unpaired) electrons. The van der Waals surface area contributed by atoms with Crippen molar-refractivity contribution in [1.29, 1.82) is 0 Å². The van der Waals surface area contributed by atoms with Crippen LogP contribution in [0.25, 0.3) is 10.8 Å². The van der Waals surface area contributed by atoms with Crippen molar-refractivity contribution in [2.75, 3.05) is 0 Å². The smallest absolute Gasteiger partial charge is 0.198 e. The fourth-order valence-corrected chi connectivity index (χ4v) is 9.92. The van der Waals surface area contributed by atoms with Gasteiger partial charge in [-0.15, -0.1) is 0 Å². The Morgan fingerprint density at radius 2 is 0.620 bits per heavy atom. The van der Waals surface area contributed by atoms with E-state index in [1.54, 1.807) is 24.3 Å². The molecule has 0 aromatic heterocycles. The number of hydrogen-bond donors (Lipinski definition) is 2. The van der Waals surface area contributed by atoms with E-state index < -0.39 is 11.6 Å². The maximum absolute atomic E-state index is 14.4. The molecule has 7 aromatic rings. The number of fused-ring (bicyclic) bond motifs is 3. The number of hydrogen-bond acceptors (Lipinski definition) is 8. The summed E-state index contributed by atoms with van der Waals surface area (Å²) in [7, 11) is 0. The number of carbonyl (C=O) groups excluding carboxylic acids is 2. The van der Waals surface area contributed by atoms with Crippen molar-refractivity contribution in [2.45, 2.75) is 39.2 Å². The predicted molar refractivity (Wildman–Crippen MR) is 203 cm³/mol. The Labute approximate surface area is 306 Å². The van der Waals surface area contributed by atoms with Crippen LogP contribution in [-0.2, 0) is 0 Å². The fraction of sp³-hybridized carbons (Fsp3) is 0. The predicted octanol–water partition coefficient (Wildman–Crippen LogP) is 11.6. The lowest BCUT2D eigenvalue weighted by Gasteiger charge is -2.23. The van der Waals surface area contributed by atoms with Crippen molar-refractivity contribution in [3.05, 3.63) is 168 Å². The van der Waals surface area contributed by atoms with Crippen LogP contribution in [0.4, 0.5) is 0 Å². The average Bonchev–Trinajstić information content (AvgIpc) is 3.14. The van der Waals surface area contributed by atoms with Crippen molar-refractivity contribution >= 4 is 69.4 Å². The number of phenols is 2. The van der Waals surface area contributed by atoms with Crippen LogP contribution < -0.4 is 0 Å². The van der Waals surface area contributed by atoms with E-state index >= 15 is 0 Å². The first kappa shape index (κ1) is 32.4. The third kappa shape index (κ3) is 6.20. The maximum atomic E-state index is 14.4. The molecule has 0 atom stereocenters. The van der Waals surface area contributed by atoms with Crippen LogP contribution in [-0.4, -0.2) is 21.8 Å². The molecule has 0 aliphatic heterocycles. The summed E-state index contributed by atoms with van der Waals surface area (Å²) in [6.07, 6.45) is 0. The Kier molecular flexibility index (Phi) is 8.93. The van der Waals surface area contributed by atoms with Gasteiger partial charge in [0, 0.05) is 61.1 Å². The van der Waals surface area contributed by atoms with Gasteiger partial charge >= 0.3 is 0 Å². The molecule has 242 valence electrons. The summed E-state index contributed by atoms with van der Waals surface area (Å²) in [5.74, 6) is -1.64. The van der Waals surface area contributed by atoms with Crippen LogP contribution in [0.1, 0.15) is 31.8 Å². The van der Waals surface area contributed by atoms with Gasteiger partial charge in [0.05, 0.1) is 11.1 Å². The van der Waals surface area contributed by atoms with Crippen LogP contribution in [0, 0.1) is 0 Å². The van der Waals surface area contributed by atoms with Gasteiger partial charge in [-0.1, -0.05) is 120 Å². The first-order chi connectivity index (χ1) is 24.4. The molecule has 0 unspecified atom stereocenters. The minimum Gasteiger partial charge on any atom is -0.506 e. The summed E-state index contributed by atoms with van der Waals surface area (Å²) in [5.41, 5.74) is 0.0431. The van der Waals surface area contributed by atoms with Crippen molar-refractivity contribution in [3.8, 4) is 11.5 Å². The van der Waals surface area contributed by atoms with Crippen molar-refractivity contribution in [1.82, 2.24) is 0 Å². The van der Waals surface area contributed by atoms with Crippen molar-refractivity contribution in [2.24, 2.45) is 0 Å². The summed E-state index contributed by atoms with van der Waals surface area (Å²) in [6.45, 7) is 0. The lowest BCUT2D eigenvalue weighted by molar-refractivity contribution is 0.0974. The molecule has 2 N–H and O–H groups in total. The van der Waals surface area contributed by atoms with Gasteiger partial charge in [-0.25, -0.2) is 0 Å². The second kappa shape index (κ2) is 13.8. The second-order valence-corrected chi connectivity index (χ2v) is 15.9. The standard InChI is InChI=1S/C42H26O4S4/c43-39-29-21-33(47-25-13-5-1-6-14-25)34(48-26-15-7-2-8-16-26)22-30(29)40(44)38-37(39)41(45)31-23-35(49-27-17-9-3-10-18-27)36(24-32(31)42(38)46)50-28-19-11-4-12-20-28/h1-24,43-44H. The molecule has 1 aliphatic rings. The van der Waals surface area contributed by atoms with E-state index in [1.165, 1.54) is 47.0 Å². The minimum absolute atomic E-state index is 0.175. The molecule has 0 fully saturated rings. The Morgan fingerprint density at radius 1 is 0.360 bits per heavy atom. The largest absolute Gasteiger partial charge is 0.506 e. The molecule has 0 bridgehead atoms. The molecular formula is C42H26O4S4. The van der Waals surface area contributed by atoms with Crippen molar-refractivity contribution < 1.29 is 19.8 Å². The van der Waals surface area contributed by atoms with Gasteiger partial charge in [-0.3, -0.25) is 9.59 Å². The SMILES string of the molecule is O=C1c2cc(Sc3ccccc3)c(Sc3ccccc3)cc2C(=O)c2c1c(O)c1cc(Sc3ccccc3)c(Sc3ccccc3)cc1c2O. The molecular weight excluding hydrogens is 697 g/mol. The molecule has 0 heterocycles. The van der Waals surface area contributed by atoms with Gasteiger partial charge in [0.2, 0.25) is 0 Å². The van der Waals surface area contributed by atoms with Gasteiger partial charge in [-0.2, -0.15) is 0 Å². The van der Waals surface area contributed by atoms with Crippen LogP contribution in [0.15, 0.2) is 185 Å². The highest BCUT2D eigenvalue weighted by Crippen LogP contribution is 2.50. The Balaban J connectivity index is 1.29. The van der Waals surface area contributed by atoms with E-state index in [4.69, 9.17) is 0 Å². The Morgan fingerprint density at radius 3 is 0.900 bits per heavy atom. The highest BCUT2D eigenvalue weighted by Gasteiger charge is 2.37. The van der Waals surface area contributed by atoms with E-state index in [1.807, 2.05) is 121 Å². The summed E-state index contributed by atoms with van der Waals surface area (Å²) in [4.78, 5) is 36.0. The molecule has 50 heavy (non-hydrogen) atoms. The third-order valence-corrected chi connectivity index (χ3v) is 12.7. The minimum atomic E-state index is -0.504. The van der Waals surface area contributed by atoms with Gasteiger partial charge in [-0.05, 0) is 72.8 Å². The van der Waals surface area contributed by atoms with Crippen LogP contribution in [0.5, 0.6) is 11.5 Å². The molecule has 7 aromatic carbocycles. The number of carbonyl (C=O) groups is 2. The van der Waals surface area contributed by atoms with Gasteiger partial charge < -0.3 is 10.2 Å². The molecule has 8 heteroatoms. The zero-order valence-corrected chi connectivity index (χ0v) is 29.5. The summed E-state index contributed by atoms with van der Waals surface area (Å²) in [6, 6.07) is 46.6. The van der Waals surface area contributed by atoms with Crippen molar-refractivity contribution in [3.63, 3.8) is 0 Å². The monoisotopic (exact) mass is 722 g/mol. The highest BCUT2D eigenvalue weighted by molar-refractivity contribution is 8.02. The number of phenolic OH excluding ortho intramolecular Hbond substituents is 2. The molecule has 0 saturated heterocycles. The summed E-state index contributed by atoms with van der Waals surface area (Å²) >= 11 is 6.06. The second-order valence-electron chi connectivity index (χ2n) is 11.5. The summed E-state index contributed by atoms with van der Waals surface area (Å²) in [5, 5.41) is 24.3. The topological polar surface area (TPSA) is 74.6 Å². The number of ketones is 2. The van der Waals surface area contributed by atoms with Gasteiger partial charge in [0.15, 0.2) is 11.6 Å². The first-order valence-corrected chi connectivity index (χ1v) is 19.0. The molecule has 1 aliphatic carbocycles. The normalized spacial score (nSPS) is 12.2. The molecule has 8 rings (SSSR count). The van der Waals surface area contributed by atoms with Crippen LogP contribution in [0.2, 0.25) is 0 Å².